The SMILES string of the molecule is CCOc1cccc(-c2cc3nc(C)cc(Cl)n3n2)c1. The minimum atomic E-state index is 0.555. The molecule has 0 radical (unpaired) electrons. The van der Waals surface area contributed by atoms with Crippen molar-refractivity contribution in [2.24, 2.45) is 0 Å². The summed E-state index contributed by atoms with van der Waals surface area (Å²) in [6, 6.07) is 11.5. The largest absolute Gasteiger partial charge is 0.494 e. The Morgan fingerprint density at radius 2 is 2.10 bits per heavy atom. The molecule has 2 aromatic heterocycles. The Hall–Kier alpha value is -2.07. The summed E-state index contributed by atoms with van der Waals surface area (Å²) in [5, 5.41) is 5.05. The summed E-state index contributed by atoms with van der Waals surface area (Å²) in [7, 11) is 0. The molecule has 0 aliphatic rings. The molecule has 3 aromatic rings. The van der Waals surface area contributed by atoms with Gasteiger partial charge in [0.1, 0.15) is 10.9 Å². The van der Waals surface area contributed by atoms with Crippen LogP contribution in [0.5, 0.6) is 5.75 Å². The molecule has 4 nitrogen and oxygen atoms in total. The number of aromatic nitrogens is 3. The van der Waals surface area contributed by atoms with E-state index in [9.17, 15) is 0 Å². The van der Waals surface area contributed by atoms with E-state index >= 15 is 0 Å². The first-order chi connectivity index (χ1) is 9.67. The second kappa shape index (κ2) is 5.13. The van der Waals surface area contributed by atoms with Crippen LogP contribution in [0.3, 0.4) is 0 Å². The molecule has 0 amide bonds. The molecule has 0 aliphatic heterocycles. The molecule has 0 N–H and O–H groups in total. The van der Waals surface area contributed by atoms with Gasteiger partial charge in [0.2, 0.25) is 0 Å². The highest BCUT2D eigenvalue weighted by atomic mass is 35.5. The standard InChI is InChI=1S/C15H14ClN3O/c1-3-20-12-6-4-5-11(8-12)13-9-15-17-10(2)7-14(16)19(15)18-13/h4-9H,3H2,1-2H3. The Morgan fingerprint density at radius 3 is 2.90 bits per heavy atom. The Morgan fingerprint density at radius 1 is 1.25 bits per heavy atom. The van der Waals surface area contributed by atoms with E-state index in [2.05, 4.69) is 10.1 Å². The quantitative estimate of drug-likeness (QED) is 0.689. The van der Waals surface area contributed by atoms with Crippen molar-refractivity contribution in [1.29, 1.82) is 0 Å². The van der Waals surface area contributed by atoms with Gasteiger partial charge in [-0.05, 0) is 32.0 Å². The number of halogens is 1. The molecule has 0 atom stereocenters. The zero-order chi connectivity index (χ0) is 14.1. The van der Waals surface area contributed by atoms with Crippen molar-refractivity contribution in [2.45, 2.75) is 13.8 Å². The average Bonchev–Trinajstić information content (AvgIpc) is 2.83. The maximum absolute atomic E-state index is 6.18. The zero-order valence-electron chi connectivity index (χ0n) is 11.3. The van der Waals surface area contributed by atoms with Crippen molar-refractivity contribution in [1.82, 2.24) is 14.6 Å². The minimum Gasteiger partial charge on any atom is -0.494 e. The lowest BCUT2D eigenvalue weighted by atomic mass is 10.1. The Balaban J connectivity index is 2.10. The smallest absolute Gasteiger partial charge is 0.157 e. The van der Waals surface area contributed by atoms with Crippen molar-refractivity contribution in [3.05, 3.63) is 47.2 Å². The minimum absolute atomic E-state index is 0.555. The van der Waals surface area contributed by atoms with E-state index in [0.717, 1.165) is 28.3 Å². The molecule has 0 saturated carbocycles. The summed E-state index contributed by atoms with van der Waals surface area (Å²) in [6.07, 6.45) is 0. The van der Waals surface area contributed by atoms with Crippen LogP contribution < -0.4 is 4.74 Å². The first-order valence-corrected chi connectivity index (χ1v) is 6.81. The molecular formula is C15H14ClN3O. The van der Waals surface area contributed by atoms with Gasteiger partial charge in [-0.15, -0.1) is 0 Å². The monoisotopic (exact) mass is 287 g/mol. The number of fused-ring (bicyclic) bond motifs is 1. The number of ether oxygens (including phenoxy) is 1. The molecule has 5 heteroatoms. The summed E-state index contributed by atoms with van der Waals surface area (Å²) in [5.41, 5.74) is 3.42. The third-order valence-electron chi connectivity index (χ3n) is 2.95. The highest BCUT2D eigenvalue weighted by Crippen LogP contribution is 2.25. The molecule has 0 spiro atoms. The summed E-state index contributed by atoms with van der Waals surface area (Å²) in [6.45, 7) is 4.51. The molecule has 3 rings (SSSR count). The van der Waals surface area contributed by atoms with Gasteiger partial charge in [-0.3, -0.25) is 0 Å². The fourth-order valence-electron chi connectivity index (χ4n) is 2.11. The molecule has 0 fully saturated rings. The normalized spacial score (nSPS) is 10.9. The number of aryl methyl sites for hydroxylation is 1. The van der Waals surface area contributed by atoms with E-state index in [4.69, 9.17) is 16.3 Å². The van der Waals surface area contributed by atoms with E-state index in [-0.39, 0.29) is 0 Å². The summed E-state index contributed by atoms with van der Waals surface area (Å²) >= 11 is 6.18. The van der Waals surface area contributed by atoms with Crippen molar-refractivity contribution >= 4 is 17.2 Å². The average molecular weight is 288 g/mol. The van der Waals surface area contributed by atoms with Gasteiger partial charge in [-0.1, -0.05) is 23.7 Å². The third-order valence-corrected chi connectivity index (χ3v) is 3.22. The number of rotatable bonds is 3. The third kappa shape index (κ3) is 2.34. The van der Waals surface area contributed by atoms with Gasteiger partial charge in [-0.25, -0.2) is 9.50 Å². The topological polar surface area (TPSA) is 39.4 Å². The molecule has 0 saturated heterocycles. The number of nitrogens with zero attached hydrogens (tertiary/aromatic N) is 3. The first-order valence-electron chi connectivity index (χ1n) is 6.43. The van der Waals surface area contributed by atoms with E-state index in [0.29, 0.717) is 11.8 Å². The highest BCUT2D eigenvalue weighted by molar-refractivity contribution is 6.29. The van der Waals surface area contributed by atoms with Gasteiger partial charge in [0.05, 0.1) is 12.3 Å². The second-order valence-corrected chi connectivity index (χ2v) is 4.87. The lowest BCUT2D eigenvalue weighted by Crippen LogP contribution is -1.94. The lowest BCUT2D eigenvalue weighted by molar-refractivity contribution is 0.340. The van der Waals surface area contributed by atoms with Gasteiger partial charge in [0.25, 0.3) is 0 Å². The summed E-state index contributed by atoms with van der Waals surface area (Å²) in [5.74, 6) is 0.831. The fraction of sp³-hybridized carbons (Fsp3) is 0.200. The Kier molecular flexibility index (Phi) is 3.32. The van der Waals surface area contributed by atoms with Crippen molar-refractivity contribution in [3.63, 3.8) is 0 Å². The van der Waals surface area contributed by atoms with Crippen molar-refractivity contribution < 1.29 is 4.74 Å². The van der Waals surface area contributed by atoms with Crippen LogP contribution >= 0.6 is 11.6 Å². The van der Waals surface area contributed by atoms with Crippen LogP contribution in [0.4, 0.5) is 0 Å². The van der Waals surface area contributed by atoms with Crippen LogP contribution in [0, 0.1) is 6.92 Å². The van der Waals surface area contributed by atoms with Gasteiger partial charge in [-0.2, -0.15) is 5.10 Å². The Bertz CT molecular complexity index is 767. The van der Waals surface area contributed by atoms with Gasteiger partial charge >= 0.3 is 0 Å². The van der Waals surface area contributed by atoms with Crippen molar-refractivity contribution in [3.8, 4) is 17.0 Å². The van der Waals surface area contributed by atoms with Crippen LogP contribution in [-0.2, 0) is 0 Å². The number of benzene rings is 1. The summed E-state index contributed by atoms with van der Waals surface area (Å²) < 4.78 is 7.14. The molecule has 20 heavy (non-hydrogen) atoms. The Labute approximate surface area is 122 Å². The van der Waals surface area contributed by atoms with Crippen LogP contribution in [0.25, 0.3) is 16.9 Å². The van der Waals surface area contributed by atoms with Crippen LogP contribution in [0.2, 0.25) is 5.15 Å². The van der Waals surface area contributed by atoms with Crippen LogP contribution in [0.1, 0.15) is 12.6 Å². The van der Waals surface area contributed by atoms with E-state index in [1.807, 2.05) is 44.2 Å². The fourth-order valence-corrected chi connectivity index (χ4v) is 2.39. The molecule has 102 valence electrons. The van der Waals surface area contributed by atoms with Gasteiger partial charge < -0.3 is 4.74 Å². The van der Waals surface area contributed by atoms with Crippen LogP contribution in [-0.4, -0.2) is 21.2 Å². The maximum Gasteiger partial charge on any atom is 0.157 e. The number of hydrogen-bond acceptors (Lipinski definition) is 3. The molecule has 1 aromatic carbocycles. The summed E-state index contributed by atoms with van der Waals surface area (Å²) in [4.78, 5) is 4.43. The molecule has 0 unspecified atom stereocenters. The highest BCUT2D eigenvalue weighted by Gasteiger charge is 2.09. The van der Waals surface area contributed by atoms with Crippen molar-refractivity contribution in [2.75, 3.05) is 6.61 Å². The molecule has 0 aliphatic carbocycles. The first kappa shape index (κ1) is 12.9. The van der Waals surface area contributed by atoms with Gasteiger partial charge in [0, 0.05) is 17.3 Å². The molecular weight excluding hydrogens is 274 g/mol. The predicted molar refractivity (Wildman–Crippen MR) is 79.3 cm³/mol. The zero-order valence-corrected chi connectivity index (χ0v) is 12.1. The molecule has 2 heterocycles. The maximum atomic E-state index is 6.18. The molecule has 0 bridgehead atoms. The second-order valence-electron chi connectivity index (χ2n) is 4.48. The van der Waals surface area contributed by atoms with E-state index in [1.54, 1.807) is 10.6 Å². The van der Waals surface area contributed by atoms with E-state index in [1.165, 1.54) is 0 Å². The lowest BCUT2D eigenvalue weighted by Gasteiger charge is -2.03. The van der Waals surface area contributed by atoms with Gasteiger partial charge in [0.15, 0.2) is 5.65 Å². The number of hydrogen-bond donors (Lipinski definition) is 0. The van der Waals surface area contributed by atoms with E-state index < -0.39 is 0 Å². The van der Waals surface area contributed by atoms with Crippen LogP contribution in [0.15, 0.2) is 36.4 Å². The predicted octanol–water partition coefficient (Wildman–Crippen LogP) is 3.76.